The summed E-state index contributed by atoms with van der Waals surface area (Å²) in [6.45, 7) is 0. The summed E-state index contributed by atoms with van der Waals surface area (Å²) in [5, 5.41) is 10.8. The molecule has 1 fully saturated rings. The van der Waals surface area contributed by atoms with Gasteiger partial charge in [0.05, 0.1) is 6.21 Å². The first-order valence-electron chi connectivity index (χ1n) is 3.24. The Morgan fingerprint density at radius 1 is 1.50 bits per heavy atom. The molecule has 0 aliphatic heterocycles. The number of rotatable bonds is 1. The molecule has 1 rings (SSSR count). The summed E-state index contributed by atoms with van der Waals surface area (Å²) in [7, 11) is 0. The summed E-state index contributed by atoms with van der Waals surface area (Å²) in [4.78, 5) is 10.9. The van der Waals surface area contributed by atoms with Gasteiger partial charge in [0.25, 0.3) is 0 Å². The summed E-state index contributed by atoms with van der Waals surface area (Å²) >= 11 is 0. The predicted molar refractivity (Wildman–Crippen MR) is 37.2 cm³/mol. The molecule has 0 aromatic heterocycles. The lowest BCUT2D eigenvalue weighted by Crippen LogP contribution is -1.90. The molecule has 1 aliphatic rings. The van der Waals surface area contributed by atoms with E-state index in [0.29, 0.717) is 6.42 Å². The fraction of sp³-hybridized carbons (Fsp3) is 0.429. The van der Waals surface area contributed by atoms with Gasteiger partial charge in [0.1, 0.15) is 0 Å². The van der Waals surface area contributed by atoms with Crippen molar-refractivity contribution in [2.45, 2.75) is 19.3 Å². The Balaban J connectivity index is 2.62. The quantitative estimate of drug-likeness (QED) is 0.256. The molecule has 0 aromatic rings. The van der Waals surface area contributed by atoms with Gasteiger partial charge in [0, 0.05) is 6.42 Å². The van der Waals surface area contributed by atoms with Crippen LogP contribution in [0.4, 0.5) is 0 Å². The van der Waals surface area contributed by atoms with E-state index in [1.807, 2.05) is 0 Å². The van der Waals surface area contributed by atoms with Gasteiger partial charge in [-0.1, -0.05) is 5.16 Å². The van der Waals surface area contributed by atoms with E-state index in [1.165, 1.54) is 6.21 Å². The lowest BCUT2D eigenvalue weighted by Gasteiger charge is -1.86. The van der Waals surface area contributed by atoms with Gasteiger partial charge in [-0.2, -0.15) is 0 Å². The second kappa shape index (κ2) is 3.15. The molecule has 3 nitrogen and oxygen atoms in total. The highest BCUT2D eigenvalue weighted by Gasteiger charge is 2.15. The van der Waals surface area contributed by atoms with Gasteiger partial charge in [0.15, 0.2) is 5.78 Å². The third-order valence-corrected chi connectivity index (χ3v) is 1.55. The molecule has 0 unspecified atom stereocenters. The van der Waals surface area contributed by atoms with Crippen molar-refractivity contribution in [3.63, 3.8) is 0 Å². The average Bonchev–Trinajstić information content (AvgIpc) is 2.31. The van der Waals surface area contributed by atoms with Crippen molar-refractivity contribution in [1.82, 2.24) is 0 Å². The summed E-state index contributed by atoms with van der Waals surface area (Å²) in [6.07, 6.45) is 5.20. The molecular weight excluding hydrogens is 130 g/mol. The van der Waals surface area contributed by atoms with Gasteiger partial charge in [-0.25, -0.2) is 0 Å². The normalized spacial score (nSPS) is 23.2. The maximum absolute atomic E-state index is 10.9. The smallest absolute Gasteiger partial charge is 0.158 e. The molecule has 0 amide bonds. The Labute approximate surface area is 59.0 Å². The fourth-order valence-electron chi connectivity index (χ4n) is 1.04. The Morgan fingerprint density at radius 3 is 2.80 bits per heavy atom. The van der Waals surface area contributed by atoms with Crippen molar-refractivity contribution in [2.75, 3.05) is 0 Å². The van der Waals surface area contributed by atoms with Crippen LogP contribution in [-0.2, 0) is 4.79 Å². The van der Waals surface area contributed by atoms with Gasteiger partial charge < -0.3 is 5.21 Å². The molecule has 0 heterocycles. The first-order valence-corrected chi connectivity index (χ1v) is 3.24. The van der Waals surface area contributed by atoms with Crippen LogP contribution in [-0.4, -0.2) is 17.2 Å². The number of ketones is 1. The molecule has 1 N–H and O–H groups in total. The van der Waals surface area contributed by atoms with Crippen LogP contribution in [0.3, 0.4) is 0 Å². The molecule has 0 bridgehead atoms. The van der Waals surface area contributed by atoms with Crippen LogP contribution >= 0.6 is 0 Å². The third kappa shape index (κ3) is 1.43. The zero-order valence-electron chi connectivity index (χ0n) is 5.58. The molecule has 0 radical (unpaired) electrons. The molecule has 0 saturated heterocycles. The second-order valence-electron chi connectivity index (χ2n) is 2.23. The van der Waals surface area contributed by atoms with E-state index in [0.717, 1.165) is 18.4 Å². The average molecular weight is 139 g/mol. The molecule has 0 spiro atoms. The Morgan fingerprint density at radius 2 is 2.30 bits per heavy atom. The maximum atomic E-state index is 10.9. The van der Waals surface area contributed by atoms with E-state index in [-0.39, 0.29) is 5.78 Å². The van der Waals surface area contributed by atoms with Gasteiger partial charge in [-0.15, -0.1) is 0 Å². The number of oxime groups is 1. The number of nitrogens with zero attached hydrogens (tertiary/aromatic N) is 1. The first-order chi connectivity index (χ1) is 4.84. The molecule has 1 aliphatic carbocycles. The van der Waals surface area contributed by atoms with Crippen molar-refractivity contribution >= 4 is 12.0 Å². The molecule has 0 aromatic carbocycles. The number of hydrogen-bond acceptors (Lipinski definition) is 3. The summed E-state index contributed by atoms with van der Waals surface area (Å²) in [5.74, 6) is 0.180. The molecule has 0 atom stereocenters. The van der Waals surface area contributed by atoms with Gasteiger partial charge in [-0.05, 0) is 24.5 Å². The molecule has 3 heteroatoms. The molecular formula is C7H9NO2. The van der Waals surface area contributed by atoms with E-state index in [9.17, 15) is 4.79 Å². The number of hydrogen-bond donors (Lipinski definition) is 1. The SMILES string of the molecule is O=C1CCC/C1=C/C=N/O. The zero-order chi connectivity index (χ0) is 7.40. The minimum Gasteiger partial charge on any atom is -0.411 e. The number of Topliss-reactive ketones (excluding diaryl/α,β-unsaturated/α-hetero) is 1. The maximum Gasteiger partial charge on any atom is 0.158 e. The van der Waals surface area contributed by atoms with Gasteiger partial charge in [0.2, 0.25) is 0 Å². The summed E-state index contributed by atoms with van der Waals surface area (Å²) < 4.78 is 0. The fourth-order valence-corrected chi connectivity index (χ4v) is 1.04. The molecule has 1 saturated carbocycles. The van der Waals surface area contributed by atoms with Crippen LogP contribution in [0.2, 0.25) is 0 Å². The predicted octanol–water partition coefficient (Wildman–Crippen LogP) is 1.13. The van der Waals surface area contributed by atoms with E-state index >= 15 is 0 Å². The van der Waals surface area contributed by atoms with E-state index < -0.39 is 0 Å². The van der Waals surface area contributed by atoms with Crippen molar-refractivity contribution in [1.29, 1.82) is 0 Å². The summed E-state index contributed by atoms with van der Waals surface area (Å²) in [6, 6.07) is 0. The Kier molecular flexibility index (Phi) is 2.20. The zero-order valence-corrected chi connectivity index (χ0v) is 5.58. The second-order valence-corrected chi connectivity index (χ2v) is 2.23. The van der Waals surface area contributed by atoms with Crippen LogP contribution < -0.4 is 0 Å². The van der Waals surface area contributed by atoms with E-state index in [2.05, 4.69) is 5.16 Å². The van der Waals surface area contributed by atoms with Crippen molar-refractivity contribution in [3.8, 4) is 0 Å². The van der Waals surface area contributed by atoms with Gasteiger partial charge >= 0.3 is 0 Å². The topological polar surface area (TPSA) is 49.7 Å². The molecule has 10 heavy (non-hydrogen) atoms. The first kappa shape index (κ1) is 6.99. The van der Waals surface area contributed by atoms with Crippen molar-refractivity contribution in [2.24, 2.45) is 5.16 Å². The number of carbonyl (C=O) groups is 1. The monoisotopic (exact) mass is 139 g/mol. The minimum absolute atomic E-state index is 0.180. The lowest BCUT2D eigenvalue weighted by atomic mass is 10.2. The Bertz CT molecular complexity index is 194. The van der Waals surface area contributed by atoms with Crippen LogP contribution in [0.5, 0.6) is 0 Å². The largest absolute Gasteiger partial charge is 0.411 e. The van der Waals surface area contributed by atoms with Crippen molar-refractivity contribution in [3.05, 3.63) is 11.6 Å². The highest BCUT2D eigenvalue weighted by molar-refractivity contribution is 6.00. The van der Waals surface area contributed by atoms with Gasteiger partial charge in [-0.3, -0.25) is 4.79 Å². The number of carbonyl (C=O) groups excluding carboxylic acids is 1. The lowest BCUT2D eigenvalue weighted by molar-refractivity contribution is -0.114. The minimum atomic E-state index is 0.180. The van der Waals surface area contributed by atoms with E-state index in [4.69, 9.17) is 5.21 Å². The molecule has 54 valence electrons. The third-order valence-electron chi connectivity index (χ3n) is 1.55. The number of allylic oxidation sites excluding steroid dienone is 2. The Hall–Kier alpha value is -1.12. The summed E-state index contributed by atoms with van der Waals surface area (Å²) in [5.41, 5.74) is 0.776. The van der Waals surface area contributed by atoms with Crippen LogP contribution in [0.1, 0.15) is 19.3 Å². The van der Waals surface area contributed by atoms with E-state index in [1.54, 1.807) is 6.08 Å². The van der Waals surface area contributed by atoms with Crippen molar-refractivity contribution < 1.29 is 10.0 Å². The standard InChI is InChI=1S/C7H9NO2/c9-7-3-1-2-6(7)4-5-8-10/h4-5,10H,1-3H2/b6-4-,8-5+. The van der Waals surface area contributed by atoms with Crippen LogP contribution in [0, 0.1) is 0 Å². The highest BCUT2D eigenvalue weighted by Crippen LogP contribution is 2.19. The van der Waals surface area contributed by atoms with Crippen LogP contribution in [0.15, 0.2) is 16.8 Å². The highest BCUT2D eigenvalue weighted by atomic mass is 16.4. The van der Waals surface area contributed by atoms with Crippen LogP contribution in [0.25, 0.3) is 0 Å².